The Morgan fingerprint density at radius 3 is 2.34 bits per heavy atom. The molecule has 0 saturated heterocycles. The van der Waals surface area contributed by atoms with Gasteiger partial charge < -0.3 is 14.8 Å². The van der Waals surface area contributed by atoms with Crippen LogP contribution in [-0.4, -0.2) is 30.8 Å². The van der Waals surface area contributed by atoms with Gasteiger partial charge in [0.25, 0.3) is 0 Å². The van der Waals surface area contributed by atoms with Gasteiger partial charge in [0.1, 0.15) is 5.60 Å². The molecule has 29 heavy (non-hydrogen) atoms. The van der Waals surface area contributed by atoms with Crippen LogP contribution in [0.3, 0.4) is 0 Å². The molecule has 5 heteroatoms. The molecule has 0 heterocycles. The number of rotatable bonds is 7. The number of methoxy groups -OCH3 is 1. The molecule has 1 aromatic carbocycles. The summed E-state index contributed by atoms with van der Waals surface area (Å²) in [5, 5.41) is 2.94. The number of amides is 1. The van der Waals surface area contributed by atoms with Crippen molar-refractivity contribution < 1.29 is 19.1 Å². The van der Waals surface area contributed by atoms with Gasteiger partial charge in [0, 0.05) is 0 Å². The number of benzene rings is 1. The predicted molar refractivity (Wildman–Crippen MR) is 115 cm³/mol. The highest BCUT2D eigenvalue weighted by molar-refractivity contribution is 5.75. The van der Waals surface area contributed by atoms with Gasteiger partial charge in [-0.3, -0.25) is 4.79 Å². The van der Waals surface area contributed by atoms with E-state index in [1.807, 2.05) is 63.3 Å². The van der Waals surface area contributed by atoms with Crippen LogP contribution in [0.25, 0.3) is 0 Å². The molecule has 0 radical (unpaired) electrons. The van der Waals surface area contributed by atoms with Crippen LogP contribution in [0, 0.1) is 11.8 Å². The van der Waals surface area contributed by atoms with Crippen molar-refractivity contribution in [2.75, 3.05) is 7.11 Å². The smallest absolute Gasteiger partial charge is 0.408 e. The molecule has 2 rings (SSSR count). The third-order valence-corrected chi connectivity index (χ3v) is 5.18. The Hall–Kier alpha value is -2.30. The van der Waals surface area contributed by atoms with Crippen LogP contribution in [0.4, 0.5) is 4.79 Å². The van der Waals surface area contributed by atoms with E-state index in [0.717, 1.165) is 31.2 Å². The number of ether oxygens (including phenoxy) is 2. The Labute approximate surface area is 174 Å². The molecule has 0 aromatic heterocycles. The van der Waals surface area contributed by atoms with Crippen molar-refractivity contribution in [1.29, 1.82) is 0 Å². The molecule has 1 N–H and O–H groups in total. The zero-order valence-corrected chi connectivity index (χ0v) is 18.1. The van der Waals surface area contributed by atoms with E-state index in [1.165, 1.54) is 13.5 Å². The van der Waals surface area contributed by atoms with Gasteiger partial charge in [-0.05, 0) is 51.5 Å². The Balaban J connectivity index is 2.16. The van der Waals surface area contributed by atoms with Crippen molar-refractivity contribution in [1.82, 2.24) is 5.32 Å². The minimum Gasteiger partial charge on any atom is -0.469 e. The highest BCUT2D eigenvalue weighted by atomic mass is 16.6. The standard InChI is InChI=1S/C24H35NO4/c1-24(2,3)29-23(27)25-20(17-18-11-7-5-8-12-18)15-16-21(22(26)28-4)19-13-9-6-10-14-19/h5,7-8,11-12,15-16,19-21H,6,9-10,13-14,17H2,1-4H3,(H,25,27)/b16-15+/t20-,21-/m1/s1. The van der Waals surface area contributed by atoms with Gasteiger partial charge in [-0.15, -0.1) is 0 Å². The van der Waals surface area contributed by atoms with E-state index in [2.05, 4.69) is 5.32 Å². The molecule has 1 amide bonds. The number of hydrogen-bond acceptors (Lipinski definition) is 4. The third kappa shape index (κ3) is 8.30. The Morgan fingerprint density at radius 2 is 1.76 bits per heavy atom. The second kappa shape index (κ2) is 11.0. The van der Waals surface area contributed by atoms with Crippen molar-refractivity contribution in [2.24, 2.45) is 11.8 Å². The third-order valence-electron chi connectivity index (χ3n) is 5.18. The van der Waals surface area contributed by atoms with Crippen molar-refractivity contribution in [3.63, 3.8) is 0 Å². The average molecular weight is 402 g/mol. The lowest BCUT2D eigenvalue weighted by molar-refractivity contribution is -0.145. The van der Waals surface area contributed by atoms with Gasteiger partial charge in [-0.2, -0.15) is 0 Å². The molecule has 2 atom stereocenters. The maximum absolute atomic E-state index is 12.4. The van der Waals surface area contributed by atoms with Crippen molar-refractivity contribution in [3.8, 4) is 0 Å². The van der Waals surface area contributed by atoms with Crippen LogP contribution in [0.15, 0.2) is 42.5 Å². The monoisotopic (exact) mass is 401 g/mol. The average Bonchev–Trinajstić information content (AvgIpc) is 2.68. The molecular weight excluding hydrogens is 366 g/mol. The maximum Gasteiger partial charge on any atom is 0.408 e. The molecule has 0 bridgehead atoms. The van der Waals surface area contributed by atoms with E-state index in [-0.39, 0.29) is 17.9 Å². The lowest BCUT2D eigenvalue weighted by atomic mass is 9.79. The first kappa shape index (κ1) is 23.0. The summed E-state index contributed by atoms with van der Waals surface area (Å²) in [7, 11) is 1.44. The first-order valence-corrected chi connectivity index (χ1v) is 10.6. The van der Waals surface area contributed by atoms with Crippen LogP contribution >= 0.6 is 0 Å². The van der Waals surface area contributed by atoms with E-state index < -0.39 is 11.7 Å². The Morgan fingerprint density at radius 1 is 1.10 bits per heavy atom. The first-order chi connectivity index (χ1) is 13.8. The fourth-order valence-corrected chi connectivity index (χ4v) is 3.81. The number of hydrogen-bond donors (Lipinski definition) is 1. The quantitative estimate of drug-likeness (QED) is 0.513. The number of carbonyl (C=O) groups excluding carboxylic acids is 2. The predicted octanol–water partition coefficient (Wildman–Crippen LogP) is 5.05. The van der Waals surface area contributed by atoms with Crippen molar-refractivity contribution >= 4 is 12.1 Å². The van der Waals surface area contributed by atoms with E-state index >= 15 is 0 Å². The van der Waals surface area contributed by atoms with Gasteiger partial charge in [0.05, 0.1) is 19.1 Å². The van der Waals surface area contributed by atoms with Crippen LogP contribution in [-0.2, 0) is 20.7 Å². The number of carbonyl (C=O) groups is 2. The fraction of sp³-hybridized carbons (Fsp3) is 0.583. The Bertz CT molecular complexity index is 672. The topological polar surface area (TPSA) is 64.6 Å². The number of alkyl carbamates (subject to hydrolysis) is 1. The van der Waals surface area contributed by atoms with E-state index in [1.54, 1.807) is 0 Å². The molecule has 1 saturated carbocycles. The van der Waals surface area contributed by atoms with Gasteiger partial charge in [-0.25, -0.2) is 4.79 Å². The van der Waals surface area contributed by atoms with Crippen LogP contribution in [0.1, 0.15) is 58.4 Å². The molecule has 0 aliphatic heterocycles. The molecular formula is C24H35NO4. The normalized spacial score (nSPS) is 17.5. The number of nitrogens with one attached hydrogen (secondary N) is 1. The SMILES string of the molecule is COC(=O)[C@H](/C=C/[C@H](Cc1ccccc1)NC(=O)OC(C)(C)C)C1CCCCC1. The maximum atomic E-state index is 12.4. The molecule has 0 spiro atoms. The zero-order chi connectivity index (χ0) is 21.3. The molecule has 1 aromatic rings. The molecule has 160 valence electrons. The molecule has 0 unspecified atom stereocenters. The minimum atomic E-state index is -0.568. The molecule has 5 nitrogen and oxygen atoms in total. The first-order valence-electron chi connectivity index (χ1n) is 10.6. The summed E-state index contributed by atoms with van der Waals surface area (Å²) in [4.78, 5) is 24.7. The van der Waals surface area contributed by atoms with Crippen molar-refractivity contribution in [2.45, 2.75) is 70.9 Å². The lowest BCUT2D eigenvalue weighted by Gasteiger charge is -2.27. The summed E-state index contributed by atoms with van der Waals surface area (Å²) in [6.45, 7) is 5.51. The van der Waals surface area contributed by atoms with Crippen LogP contribution in [0.5, 0.6) is 0 Å². The molecule has 1 fully saturated rings. The number of esters is 1. The van der Waals surface area contributed by atoms with Gasteiger partial charge in [-0.1, -0.05) is 61.7 Å². The van der Waals surface area contributed by atoms with Crippen molar-refractivity contribution in [3.05, 3.63) is 48.0 Å². The largest absolute Gasteiger partial charge is 0.469 e. The summed E-state index contributed by atoms with van der Waals surface area (Å²) >= 11 is 0. The molecule has 1 aliphatic rings. The minimum absolute atomic E-state index is 0.205. The highest BCUT2D eigenvalue weighted by Gasteiger charge is 2.28. The lowest BCUT2D eigenvalue weighted by Crippen LogP contribution is -2.39. The molecule has 1 aliphatic carbocycles. The second-order valence-corrected chi connectivity index (χ2v) is 8.77. The van der Waals surface area contributed by atoms with Gasteiger partial charge in [0.2, 0.25) is 0 Å². The summed E-state index contributed by atoms with van der Waals surface area (Å²) in [5.41, 5.74) is 0.535. The zero-order valence-electron chi connectivity index (χ0n) is 18.1. The summed E-state index contributed by atoms with van der Waals surface area (Å²) < 4.78 is 10.5. The van der Waals surface area contributed by atoms with E-state index in [9.17, 15) is 9.59 Å². The van der Waals surface area contributed by atoms with Crippen LogP contribution in [0.2, 0.25) is 0 Å². The summed E-state index contributed by atoms with van der Waals surface area (Å²) in [6, 6.07) is 9.69. The van der Waals surface area contributed by atoms with Gasteiger partial charge >= 0.3 is 12.1 Å². The van der Waals surface area contributed by atoms with Gasteiger partial charge in [0.15, 0.2) is 0 Å². The fourth-order valence-electron chi connectivity index (χ4n) is 3.81. The summed E-state index contributed by atoms with van der Waals surface area (Å²) in [5.74, 6) is -0.186. The van der Waals surface area contributed by atoms with E-state index in [0.29, 0.717) is 12.3 Å². The summed E-state index contributed by atoms with van der Waals surface area (Å²) in [6.07, 6.45) is 9.60. The second-order valence-electron chi connectivity index (χ2n) is 8.77. The Kier molecular flexibility index (Phi) is 8.74. The van der Waals surface area contributed by atoms with E-state index in [4.69, 9.17) is 9.47 Å². The highest BCUT2D eigenvalue weighted by Crippen LogP contribution is 2.31. The van der Waals surface area contributed by atoms with Crippen LogP contribution < -0.4 is 5.32 Å².